The predicted octanol–water partition coefficient (Wildman–Crippen LogP) is 3.98. The van der Waals surface area contributed by atoms with Crippen LogP contribution >= 0.6 is 11.6 Å². The summed E-state index contributed by atoms with van der Waals surface area (Å²) < 4.78 is 7.71. The Labute approximate surface area is 176 Å². The van der Waals surface area contributed by atoms with Crippen LogP contribution in [0.2, 0.25) is 5.02 Å². The number of carbonyl (C=O) groups is 1. The number of benzene rings is 1. The molecule has 2 aliphatic rings. The maximum atomic E-state index is 12.4. The maximum absolute atomic E-state index is 12.4. The zero-order chi connectivity index (χ0) is 20.8. The fraction of sp³-hybridized carbons (Fsp3) is 0.571. The molecule has 1 saturated heterocycles. The molecule has 0 spiro atoms. The van der Waals surface area contributed by atoms with Crippen molar-refractivity contribution in [2.24, 2.45) is 0 Å². The Kier molecular flexibility index (Phi) is 5.29. The van der Waals surface area contributed by atoms with Crippen molar-refractivity contribution < 1.29 is 9.53 Å². The Morgan fingerprint density at radius 1 is 1.17 bits per heavy atom. The lowest BCUT2D eigenvalue weighted by Crippen LogP contribution is -2.41. The van der Waals surface area contributed by atoms with Gasteiger partial charge in [0.2, 0.25) is 0 Å². The SMILES string of the molecule is CN1Cc2cc(Cl)ccc2-n2c(nnc2C2CCN(C(=O)OC(C)(C)C)CC2)C1. The van der Waals surface area contributed by atoms with E-state index in [1.165, 1.54) is 5.56 Å². The molecule has 0 atom stereocenters. The van der Waals surface area contributed by atoms with Crippen molar-refractivity contribution >= 4 is 17.7 Å². The number of halogens is 1. The summed E-state index contributed by atoms with van der Waals surface area (Å²) in [6, 6.07) is 6.00. The third kappa shape index (κ3) is 4.26. The Balaban J connectivity index is 1.57. The zero-order valence-electron chi connectivity index (χ0n) is 17.5. The van der Waals surface area contributed by atoms with E-state index in [1.54, 1.807) is 4.90 Å². The molecule has 1 aromatic heterocycles. The van der Waals surface area contributed by atoms with Gasteiger partial charge in [0.1, 0.15) is 11.4 Å². The van der Waals surface area contributed by atoms with Crippen LogP contribution in [0.25, 0.3) is 5.69 Å². The molecule has 0 N–H and O–H groups in total. The maximum Gasteiger partial charge on any atom is 0.410 e. The van der Waals surface area contributed by atoms with Gasteiger partial charge in [0.05, 0.1) is 12.2 Å². The van der Waals surface area contributed by atoms with Crippen molar-refractivity contribution in [2.45, 2.75) is 58.2 Å². The fourth-order valence-corrected chi connectivity index (χ4v) is 4.29. The van der Waals surface area contributed by atoms with E-state index < -0.39 is 5.60 Å². The molecular formula is C21H28ClN5O2. The molecule has 0 bridgehead atoms. The van der Waals surface area contributed by atoms with Gasteiger partial charge in [-0.05, 0) is 64.4 Å². The largest absolute Gasteiger partial charge is 0.444 e. The lowest BCUT2D eigenvalue weighted by atomic mass is 9.96. The highest BCUT2D eigenvalue weighted by Crippen LogP contribution is 2.33. The summed E-state index contributed by atoms with van der Waals surface area (Å²) in [6.45, 7) is 8.55. The summed E-state index contributed by atoms with van der Waals surface area (Å²) in [5.41, 5.74) is 1.80. The highest BCUT2D eigenvalue weighted by molar-refractivity contribution is 6.30. The molecule has 1 fully saturated rings. The Morgan fingerprint density at radius 3 is 2.59 bits per heavy atom. The summed E-state index contributed by atoms with van der Waals surface area (Å²) in [7, 11) is 2.08. The summed E-state index contributed by atoms with van der Waals surface area (Å²) in [5, 5.41) is 9.80. The molecule has 1 aromatic carbocycles. The van der Waals surface area contributed by atoms with E-state index in [-0.39, 0.29) is 12.0 Å². The van der Waals surface area contributed by atoms with Crippen molar-refractivity contribution in [2.75, 3.05) is 20.1 Å². The number of nitrogens with zero attached hydrogens (tertiary/aromatic N) is 5. The molecule has 0 radical (unpaired) electrons. The minimum atomic E-state index is -0.477. The van der Waals surface area contributed by atoms with Crippen LogP contribution in [-0.4, -0.2) is 56.4 Å². The molecule has 7 nitrogen and oxygen atoms in total. The molecule has 0 aliphatic carbocycles. The van der Waals surface area contributed by atoms with Gasteiger partial charge in [-0.15, -0.1) is 10.2 Å². The van der Waals surface area contributed by atoms with Crippen LogP contribution in [-0.2, 0) is 17.8 Å². The van der Waals surface area contributed by atoms with E-state index in [9.17, 15) is 4.79 Å². The Morgan fingerprint density at radius 2 is 1.90 bits per heavy atom. The van der Waals surface area contributed by atoms with Gasteiger partial charge in [-0.1, -0.05) is 11.6 Å². The smallest absolute Gasteiger partial charge is 0.410 e. The van der Waals surface area contributed by atoms with E-state index in [2.05, 4.69) is 32.8 Å². The van der Waals surface area contributed by atoms with Gasteiger partial charge in [0, 0.05) is 30.6 Å². The van der Waals surface area contributed by atoms with Crippen molar-refractivity contribution in [1.82, 2.24) is 24.6 Å². The molecular weight excluding hydrogens is 390 g/mol. The van der Waals surface area contributed by atoms with Gasteiger partial charge in [-0.2, -0.15) is 0 Å². The van der Waals surface area contributed by atoms with Crippen LogP contribution in [0.1, 0.15) is 56.7 Å². The average molecular weight is 418 g/mol. The number of carbonyl (C=O) groups excluding carboxylic acids is 1. The third-order valence-corrected chi connectivity index (χ3v) is 5.64. The van der Waals surface area contributed by atoms with Crippen molar-refractivity contribution in [3.8, 4) is 5.69 Å². The molecule has 156 valence electrons. The van der Waals surface area contributed by atoms with Crippen LogP contribution in [0.15, 0.2) is 18.2 Å². The fourth-order valence-electron chi connectivity index (χ4n) is 4.09. The number of fused-ring (bicyclic) bond motifs is 3. The number of amides is 1. The third-order valence-electron chi connectivity index (χ3n) is 5.40. The summed E-state index contributed by atoms with van der Waals surface area (Å²) in [5.74, 6) is 2.17. The molecule has 3 heterocycles. The predicted molar refractivity (Wildman–Crippen MR) is 111 cm³/mol. The average Bonchev–Trinajstić information content (AvgIpc) is 2.98. The van der Waals surface area contributed by atoms with E-state index in [0.717, 1.165) is 48.3 Å². The van der Waals surface area contributed by atoms with Gasteiger partial charge >= 0.3 is 6.09 Å². The number of aromatic nitrogens is 3. The second-order valence-corrected chi connectivity index (χ2v) is 9.43. The molecule has 0 unspecified atom stereocenters. The highest BCUT2D eigenvalue weighted by atomic mass is 35.5. The molecule has 2 aliphatic heterocycles. The van der Waals surface area contributed by atoms with Crippen molar-refractivity contribution in [3.63, 3.8) is 0 Å². The quantitative estimate of drug-likeness (QED) is 0.702. The first-order valence-electron chi connectivity index (χ1n) is 10.1. The number of hydrogen-bond acceptors (Lipinski definition) is 5. The topological polar surface area (TPSA) is 63.5 Å². The lowest BCUT2D eigenvalue weighted by Gasteiger charge is -2.33. The van der Waals surface area contributed by atoms with Crippen LogP contribution in [0, 0.1) is 0 Å². The van der Waals surface area contributed by atoms with Crippen LogP contribution in [0.5, 0.6) is 0 Å². The van der Waals surface area contributed by atoms with Crippen LogP contribution < -0.4 is 0 Å². The normalized spacial score (nSPS) is 18.2. The molecule has 1 amide bonds. The molecule has 8 heteroatoms. The first-order valence-corrected chi connectivity index (χ1v) is 10.5. The van der Waals surface area contributed by atoms with Gasteiger partial charge in [-0.3, -0.25) is 9.47 Å². The summed E-state index contributed by atoms with van der Waals surface area (Å²) >= 11 is 6.25. The highest BCUT2D eigenvalue weighted by Gasteiger charge is 2.32. The monoisotopic (exact) mass is 417 g/mol. The standard InChI is InChI=1S/C21H28ClN5O2/c1-21(2,3)29-20(28)26-9-7-14(8-10-26)19-24-23-18-13-25(4)12-15-11-16(22)5-6-17(15)27(18)19/h5-6,11,14H,7-10,12-13H2,1-4H3. The molecule has 29 heavy (non-hydrogen) atoms. The van der Waals surface area contributed by atoms with Gasteiger partial charge in [0.25, 0.3) is 0 Å². The van der Waals surface area contributed by atoms with Crippen LogP contribution in [0.3, 0.4) is 0 Å². The Hall–Kier alpha value is -2.12. The molecule has 0 saturated carbocycles. The van der Waals surface area contributed by atoms with Crippen LogP contribution in [0.4, 0.5) is 4.79 Å². The minimum absolute atomic E-state index is 0.238. The van der Waals surface area contributed by atoms with E-state index >= 15 is 0 Å². The number of piperidine rings is 1. The van der Waals surface area contributed by atoms with E-state index in [4.69, 9.17) is 16.3 Å². The van der Waals surface area contributed by atoms with Gasteiger partial charge in [-0.25, -0.2) is 4.79 Å². The van der Waals surface area contributed by atoms with Crippen molar-refractivity contribution in [3.05, 3.63) is 40.4 Å². The number of ether oxygens (including phenoxy) is 1. The van der Waals surface area contributed by atoms with E-state index in [0.29, 0.717) is 13.1 Å². The Bertz CT molecular complexity index is 912. The first-order chi connectivity index (χ1) is 13.7. The van der Waals surface area contributed by atoms with Gasteiger partial charge < -0.3 is 9.64 Å². The second-order valence-electron chi connectivity index (χ2n) is 9.00. The van der Waals surface area contributed by atoms with E-state index in [1.807, 2.05) is 32.9 Å². The minimum Gasteiger partial charge on any atom is -0.444 e. The summed E-state index contributed by atoms with van der Waals surface area (Å²) in [6.07, 6.45) is 1.45. The second kappa shape index (κ2) is 7.61. The number of rotatable bonds is 1. The summed E-state index contributed by atoms with van der Waals surface area (Å²) in [4.78, 5) is 16.4. The van der Waals surface area contributed by atoms with Gasteiger partial charge in [0.15, 0.2) is 5.82 Å². The van der Waals surface area contributed by atoms with Crippen molar-refractivity contribution in [1.29, 1.82) is 0 Å². The number of likely N-dealkylation sites (tertiary alicyclic amines) is 1. The zero-order valence-corrected chi connectivity index (χ0v) is 18.2. The molecule has 2 aromatic rings. The number of hydrogen-bond donors (Lipinski definition) is 0. The first kappa shape index (κ1) is 20.2. The lowest BCUT2D eigenvalue weighted by molar-refractivity contribution is 0.0203. The molecule has 4 rings (SSSR count).